The van der Waals surface area contributed by atoms with Crippen LogP contribution >= 0.6 is 15.9 Å². The lowest BCUT2D eigenvalue weighted by atomic mass is 10.1. The van der Waals surface area contributed by atoms with Gasteiger partial charge in [0.15, 0.2) is 0 Å². The summed E-state index contributed by atoms with van der Waals surface area (Å²) in [5.74, 6) is 1.38. The van der Waals surface area contributed by atoms with Gasteiger partial charge < -0.3 is 14.5 Å². The van der Waals surface area contributed by atoms with Crippen molar-refractivity contribution in [2.75, 3.05) is 31.6 Å². The Kier molecular flexibility index (Phi) is 5.32. The molecule has 0 N–H and O–H groups in total. The zero-order valence-corrected chi connectivity index (χ0v) is 15.3. The number of anilines is 1. The highest BCUT2D eigenvalue weighted by atomic mass is 79.9. The molecule has 0 spiro atoms. The van der Waals surface area contributed by atoms with Gasteiger partial charge in [0.05, 0.1) is 0 Å². The number of likely N-dealkylation sites (tertiary alicyclic amines) is 1. The van der Waals surface area contributed by atoms with Crippen LogP contribution in [0.1, 0.15) is 27.2 Å². The Labute approximate surface area is 140 Å². The maximum Gasteiger partial charge on any atom is 0.410 e. The summed E-state index contributed by atoms with van der Waals surface area (Å²) in [7, 11) is 2.03. The standard InChI is InChI=1S/C16H24BrN3O2/c1-16(2,3)22-15(21)20-9-8-12(11-20)10-19(4)14-7-5-6-13(17)18-14/h5-7,12H,8-11H2,1-4H3/t12-/m0/s1. The van der Waals surface area contributed by atoms with Crippen LogP contribution in [0.3, 0.4) is 0 Å². The summed E-state index contributed by atoms with van der Waals surface area (Å²) in [6.07, 6.45) is 0.788. The van der Waals surface area contributed by atoms with Gasteiger partial charge >= 0.3 is 6.09 Å². The highest BCUT2D eigenvalue weighted by Crippen LogP contribution is 2.22. The number of hydrogen-bond donors (Lipinski definition) is 0. The lowest BCUT2D eigenvalue weighted by Gasteiger charge is -2.25. The quantitative estimate of drug-likeness (QED) is 0.764. The average Bonchev–Trinajstić information content (AvgIpc) is 2.85. The van der Waals surface area contributed by atoms with E-state index >= 15 is 0 Å². The number of hydrogen-bond acceptors (Lipinski definition) is 4. The molecule has 1 amide bonds. The second kappa shape index (κ2) is 6.86. The van der Waals surface area contributed by atoms with Gasteiger partial charge in [-0.2, -0.15) is 0 Å². The van der Waals surface area contributed by atoms with Crippen LogP contribution in [-0.2, 0) is 4.74 Å². The van der Waals surface area contributed by atoms with Crippen molar-refractivity contribution >= 4 is 27.8 Å². The monoisotopic (exact) mass is 369 g/mol. The molecule has 22 heavy (non-hydrogen) atoms. The Morgan fingerprint density at radius 1 is 1.50 bits per heavy atom. The first-order valence-corrected chi connectivity index (χ1v) is 8.35. The normalized spacial score (nSPS) is 18.4. The number of ether oxygens (including phenoxy) is 1. The van der Waals surface area contributed by atoms with Crippen molar-refractivity contribution in [1.29, 1.82) is 0 Å². The number of carbonyl (C=O) groups is 1. The zero-order chi connectivity index (χ0) is 16.3. The molecular weight excluding hydrogens is 346 g/mol. The van der Waals surface area contributed by atoms with Gasteiger partial charge in [0.25, 0.3) is 0 Å². The maximum atomic E-state index is 12.1. The predicted octanol–water partition coefficient (Wildman–Crippen LogP) is 3.54. The van der Waals surface area contributed by atoms with Crippen LogP contribution in [0.2, 0.25) is 0 Å². The van der Waals surface area contributed by atoms with Gasteiger partial charge in [-0.25, -0.2) is 9.78 Å². The van der Waals surface area contributed by atoms with Crippen molar-refractivity contribution in [3.8, 4) is 0 Å². The molecule has 0 unspecified atom stereocenters. The van der Waals surface area contributed by atoms with Gasteiger partial charge in [-0.1, -0.05) is 6.07 Å². The SMILES string of the molecule is CN(C[C@@H]1CCN(C(=O)OC(C)(C)C)C1)c1cccc(Br)n1. The van der Waals surface area contributed by atoms with E-state index in [1.54, 1.807) is 4.90 Å². The van der Waals surface area contributed by atoms with Crippen LogP contribution in [0, 0.1) is 5.92 Å². The molecule has 2 heterocycles. The van der Waals surface area contributed by atoms with E-state index < -0.39 is 5.60 Å². The number of amides is 1. The van der Waals surface area contributed by atoms with Crippen molar-refractivity contribution in [3.05, 3.63) is 22.8 Å². The highest BCUT2D eigenvalue weighted by molar-refractivity contribution is 9.10. The molecule has 2 rings (SSSR count). The fourth-order valence-electron chi connectivity index (χ4n) is 2.56. The van der Waals surface area contributed by atoms with Crippen molar-refractivity contribution in [1.82, 2.24) is 9.88 Å². The van der Waals surface area contributed by atoms with Gasteiger partial charge in [-0.3, -0.25) is 0 Å². The van der Waals surface area contributed by atoms with E-state index in [9.17, 15) is 4.79 Å². The van der Waals surface area contributed by atoms with Crippen molar-refractivity contribution in [2.45, 2.75) is 32.8 Å². The van der Waals surface area contributed by atoms with E-state index in [0.717, 1.165) is 36.5 Å². The van der Waals surface area contributed by atoms with E-state index in [1.165, 1.54) is 0 Å². The molecule has 6 heteroatoms. The molecule has 0 aliphatic carbocycles. The van der Waals surface area contributed by atoms with Crippen LogP contribution < -0.4 is 4.90 Å². The Bertz CT molecular complexity index is 530. The molecule has 0 aromatic carbocycles. The van der Waals surface area contributed by atoms with E-state index in [1.807, 2.05) is 46.0 Å². The molecule has 1 aromatic rings. The first kappa shape index (κ1) is 17.1. The molecule has 0 saturated carbocycles. The third-order valence-corrected chi connectivity index (χ3v) is 4.00. The Morgan fingerprint density at radius 2 is 2.23 bits per heavy atom. The van der Waals surface area contributed by atoms with Gasteiger partial charge in [0, 0.05) is 26.7 Å². The molecule has 1 atom stereocenters. The lowest BCUT2D eigenvalue weighted by molar-refractivity contribution is 0.0288. The minimum absolute atomic E-state index is 0.210. The number of aromatic nitrogens is 1. The number of rotatable bonds is 3. The second-order valence-electron chi connectivity index (χ2n) is 6.78. The molecule has 122 valence electrons. The zero-order valence-electron chi connectivity index (χ0n) is 13.7. The van der Waals surface area contributed by atoms with Gasteiger partial charge in [-0.15, -0.1) is 0 Å². The summed E-state index contributed by atoms with van der Waals surface area (Å²) in [6, 6.07) is 5.88. The van der Waals surface area contributed by atoms with E-state index in [0.29, 0.717) is 5.92 Å². The molecule has 1 aliphatic heterocycles. The molecular formula is C16H24BrN3O2. The number of pyridine rings is 1. The summed E-state index contributed by atoms with van der Waals surface area (Å²) in [5, 5.41) is 0. The minimum atomic E-state index is -0.438. The first-order chi connectivity index (χ1) is 10.2. The van der Waals surface area contributed by atoms with Crippen molar-refractivity contribution < 1.29 is 9.53 Å². The highest BCUT2D eigenvalue weighted by Gasteiger charge is 2.30. The number of halogens is 1. The average molecular weight is 370 g/mol. The Morgan fingerprint density at radius 3 is 2.86 bits per heavy atom. The van der Waals surface area contributed by atoms with E-state index in [-0.39, 0.29) is 6.09 Å². The Hall–Kier alpha value is -1.30. The molecule has 5 nitrogen and oxygen atoms in total. The van der Waals surface area contributed by atoms with E-state index in [4.69, 9.17) is 4.74 Å². The van der Waals surface area contributed by atoms with Crippen LogP contribution in [0.25, 0.3) is 0 Å². The Balaban J connectivity index is 1.87. The minimum Gasteiger partial charge on any atom is -0.444 e. The summed E-state index contributed by atoms with van der Waals surface area (Å²) < 4.78 is 6.26. The largest absolute Gasteiger partial charge is 0.444 e. The van der Waals surface area contributed by atoms with E-state index in [2.05, 4.69) is 25.8 Å². The number of nitrogens with zero attached hydrogens (tertiary/aromatic N) is 3. The molecule has 0 radical (unpaired) electrons. The fourth-order valence-corrected chi connectivity index (χ4v) is 2.90. The molecule has 1 aromatic heterocycles. The van der Waals surface area contributed by atoms with Crippen LogP contribution in [0.15, 0.2) is 22.8 Å². The van der Waals surface area contributed by atoms with Crippen molar-refractivity contribution in [3.63, 3.8) is 0 Å². The van der Waals surface area contributed by atoms with Crippen LogP contribution in [0.5, 0.6) is 0 Å². The van der Waals surface area contributed by atoms with Crippen LogP contribution in [-0.4, -0.2) is 48.3 Å². The van der Waals surface area contributed by atoms with Gasteiger partial charge in [0.1, 0.15) is 16.0 Å². The topological polar surface area (TPSA) is 45.7 Å². The summed E-state index contributed by atoms with van der Waals surface area (Å²) in [4.78, 5) is 20.5. The van der Waals surface area contributed by atoms with Crippen molar-refractivity contribution in [2.24, 2.45) is 5.92 Å². The molecule has 1 saturated heterocycles. The summed E-state index contributed by atoms with van der Waals surface area (Å²) in [5.41, 5.74) is -0.438. The number of carbonyl (C=O) groups excluding carboxylic acids is 1. The first-order valence-electron chi connectivity index (χ1n) is 7.56. The third kappa shape index (κ3) is 4.87. The summed E-state index contributed by atoms with van der Waals surface area (Å²) in [6.45, 7) is 8.07. The predicted molar refractivity (Wildman–Crippen MR) is 91.1 cm³/mol. The van der Waals surface area contributed by atoms with Gasteiger partial charge in [0.2, 0.25) is 0 Å². The lowest BCUT2D eigenvalue weighted by Crippen LogP contribution is -2.36. The molecule has 0 bridgehead atoms. The van der Waals surface area contributed by atoms with Crippen LogP contribution in [0.4, 0.5) is 10.6 Å². The smallest absolute Gasteiger partial charge is 0.410 e. The summed E-state index contributed by atoms with van der Waals surface area (Å²) >= 11 is 3.39. The van der Waals surface area contributed by atoms with Gasteiger partial charge in [-0.05, 0) is 61.2 Å². The molecule has 1 fully saturated rings. The second-order valence-corrected chi connectivity index (χ2v) is 7.59. The molecule has 1 aliphatic rings. The maximum absolute atomic E-state index is 12.1. The third-order valence-electron chi connectivity index (χ3n) is 3.56. The fraction of sp³-hybridized carbons (Fsp3) is 0.625.